The van der Waals surface area contributed by atoms with Gasteiger partial charge in [0.1, 0.15) is 11.5 Å². The van der Waals surface area contributed by atoms with E-state index < -0.39 is 0 Å². The van der Waals surface area contributed by atoms with Crippen LogP contribution in [-0.2, 0) is 11.8 Å². The fourth-order valence-corrected chi connectivity index (χ4v) is 24.0. The highest BCUT2D eigenvalue weighted by Gasteiger charge is 2.87. The molecule has 286 valence electrons. The van der Waals surface area contributed by atoms with Gasteiger partial charge in [-0.05, 0) is 216 Å². The molecule has 0 heterocycles. The van der Waals surface area contributed by atoms with E-state index in [1.54, 1.807) is 24.0 Å². The molecule has 2 aromatic carbocycles. The first-order chi connectivity index (χ1) is 28.0. The minimum absolute atomic E-state index is 0.0188. The molecule has 24 atom stereocenters. The molecule has 0 aromatic heterocycles. The number of benzene rings is 2. The summed E-state index contributed by atoms with van der Waals surface area (Å²) in [6, 6.07) is 17.0. The van der Waals surface area contributed by atoms with E-state index >= 15 is 0 Å². The molecule has 0 N–H and O–H groups in total. The monoisotopic (exact) mass is 746 g/mol. The summed E-state index contributed by atoms with van der Waals surface area (Å²) < 4.78 is 12.2. The fraction of sp³-hybridized carbons (Fsp3) is 0.600. The summed E-state index contributed by atoms with van der Waals surface area (Å²) in [7, 11) is 3.79. The lowest BCUT2D eigenvalue weighted by atomic mass is 9.42. The highest BCUT2D eigenvalue weighted by Crippen LogP contribution is 2.92. The van der Waals surface area contributed by atoms with Gasteiger partial charge >= 0.3 is 0 Å². The zero-order chi connectivity index (χ0) is 36.5. The maximum Gasteiger partial charge on any atom is 0.122 e. The quantitative estimate of drug-likeness (QED) is 0.284. The molecule has 2 aromatic rings. The van der Waals surface area contributed by atoms with Crippen LogP contribution in [0.15, 0.2) is 100 Å². The molecule has 0 bridgehead atoms. The minimum Gasteiger partial charge on any atom is -0.497 e. The van der Waals surface area contributed by atoms with E-state index in [0.29, 0.717) is 17.8 Å². The maximum absolute atomic E-state index is 6.38. The van der Waals surface area contributed by atoms with Gasteiger partial charge in [-0.2, -0.15) is 0 Å². The van der Waals surface area contributed by atoms with E-state index in [0.717, 1.165) is 130 Å². The van der Waals surface area contributed by atoms with E-state index in [2.05, 4.69) is 79.3 Å². The Balaban J connectivity index is 1.01. The number of hydrogen-bond donors (Lipinski definition) is 0. The lowest BCUT2D eigenvalue weighted by Gasteiger charge is -2.61. The third kappa shape index (κ3) is 2.69. The van der Waals surface area contributed by atoms with E-state index in [1.807, 2.05) is 36.5 Å². The molecule has 2 heteroatoms. The van der Waals surface area contributed by atoms with Gasteiger partial charge in [-0.25, -0.2) is 0 Å². The smallest absolute Gasteiger partial charge is 0.122 e. The van der Waals surface area contributed by atoms with Crippen LogP contribution in [0, 0.1) is 143 Å². The molecule has 0 spiro atoms. The number of rotatable bonds is 5. The van der Waals surface area contributed by atoms with Crippen LogP contribution < -0.4 is 9.47 Å². The van der Waals surface area contributed by atoms with Crippen molar-refractivity contribution in [1.29, 1.82) is 0 Å². The standard InChI is InChI=1S/C55H54O2/c1-21-4-5-22(33(10-21)57-3)19-55-31-17-28-15-26-13-24-11-23-12-25-14-27-16-29-18-54(20-31,30-6-8-32(56-2)9-7-30)52-49-39(29)36(27)41-37(25)40-34(23)35(24)42-38(26)48(51(28)55)46-45(42)43(40)44(41)47(49)50(46)53(52)55/h4-10,13,15,18,20,23,25-27,34-47,49-50,52-53H,11-12,14,16-17,19H2,1-3H3. The van der Waals surface area contributed by atoms with Crippen molar-refractivity contribution < 1.29 is 9.47 Å². The normalized spacial score (nSPS) is 58.6. The topological polar surface area (TPSA) is 18.5 Å². The second kappa shape index (κ2) is 8.79. The Kier molecular flexibility index (Phi) is 4.61. The Hall–Kier alpha value is -3.26. The van der Waals surface area contributed by atoms with Gasteiger partial charge in [0.2, 0.25) is 0 Å². The first-order valence-electron chi connectivity index (χ1n) is 23.9. The lowest BCUT2D eigenvalue weighted by Crippen LogP contribution is -2.58. The number of methoxy groups -OCH3 is 2. The molecule has 16 aliphatic rings. The highest BCUT2D eigenvalue weighted by molar-refractivity contribution is 5.69. The van der Waals surface area contributed by atoms with Crippen LogP contribution in [0.2, 0.25) is 0 Å². The van der Waals surface area contributed by atoms with E-state index in [4.69, 9.17) is 9.47 Å². The van der Waals surface area contributed by atoms with Gasteiger partial charge in [0.25, 0.3) is 0 Å². The molecule has 0 saturated heterocycles. The van der Waals surface area contributed by atoms with Crippen molar-refractivity contribution in [3.63, 3.8) is 0 Å². The Morgan fingerprint density at radius 2 is 1.37 bits per heavy atom. The zero-order valence-corrected chi connectivity index (χ0v) is 33.6. The van der Waals surface area contributed by atoms with Crippen LogP contribution in [0.3, 0.4) is 0 Å². The number of aryl methyl sites for hydroxylation is 1. The molecule has 0 amide bonds. The van der Waals surface area contributed by atoms with Crippen LogP contribution in [0.1, 0.15) is 48.8 Å². The van der Waals surface area contributed by atoms with Crippen molar-refractivity contribution >= 4 is 0 Å². The van der Waals surface area contributed by atoms with Gasteiger partial charge in [-0.1, -0.05) is 70.9 Å². The van der Waals surface area contributed by atoms with Crippen LogP contribution >= 0.6 is 0 Å². The average molecular weight is 747 g/mol. The summed E-state index contributed by atoms with van der Waals surface area (Å²) in [6.45, 7) is 2.25. The first kappa shape index (κ1) is 29.9. The summed E-state index contributed by atoms with van der Waals surface area (Å²) in [5.41, 5.74) is 16.1. The first-order valence-corrected chi connectivity index (χ1v) is 23.9. The third-order valence-corrected chi connectivity index (χ3v) is 23.6. The van der Waals surface area contributed by atoms with Crippen molar-refractivity contribution in [2.75, 3.05) is 14.2 Å². The van der Waals surface area contributed by atoms with Crippen molar-refractivity contribution in [2.45, 2.75) is 50.9 Å². The summed E-state index contributed by atoms with van der Waals surface area (Å²) >= 11 is 0. The molecule has 0 aliphatic heterocycles. The van der Waals surface area contributed by atoms with Crippen LogP contribution in [0.25, 0.3) is 0 Å². The molecule has 57 heavy (non-hydrogen) atoms. The molecule has 18 rings (SSSR count). The number of allylic oxidation sites excluding steroid dienone is 10. The summed E-state index contributed by atoms with van der Waals surface area (Å²) in [5.74, 6) is 22.4. The van der Waals surface area contributed by atoms with Gasteiger partial charge in [0, 0.05) is 16.7 Å². The van der Waals surface area contributed by atoms with Gasteiger partial charge in [-0.3, -0.25) is 0 Å². The lowest BCUT2D eigenvalue weighted by molar-refractivity contribution is -0.123. The largest absolute Gasteiger partial charge is 0.497 e. The minimum atomic E-state index is -0.0188. The predicted molar refractivity (Wildman–Crippen MR) is 218 cm³/mol. The molecule has 2 nitrogen and oxygen atoms in total. The van der Waals surface area contributed by atoms with Crippen molar-refractivity contribution in [1.82, 2.24) is 0 Å². The second-order valence-electron chi connectivity index (χ2n) is 23.8. The maximum atomic E-state index is 6.38. The number of hydrogen-bond acceptors (Lipinski definition) is 2. The molecule has 11 fully saturated rings. The van der Waals surface area contributed by atoms with Crippen molar-refractivity contribution in [3.05, 3.63) is 117 Å². The van der Waals surface area contributed by atoms with Crippen molar-refractivity contribution in [3.8, 4) is 11.5 Å². The fourth-order valence-electron chi connectivity index (χ4n) is 24.0. The van der Waals surface area contributed by atoms with Crippen LogP contribution in [0.4, 0.5) is 0 Å². The Bertz CT molecular complexity index is 2550. The molecular formula is C55H54O2. The molecule has 16 aliphatic carbocycles. The summed E-state index contributed by atoms with van der Waals surface area (Å²) in [4.78, 5) is 0. The van der Waals surface area contributed by atoms with Crippen LogP contribution in [-0.4, -0.2) is 14.2 Å². The van der Waals surface area contributed by atoms with Gasteiger partial charge in [0.15, 0.2) is 0 Å². The Labute approximate surface area is 337 Å². The van der Waals surface area contributed by atoms with E-state index in [-0.39, 0.29) is 10.8 Å². The van der Waals surface area contributed by atoms with Crippen molar-refractivity contribution in [2.24, 2.45) is 136 Å². The van der Waals surface area contributed by atoms with E-state index in [1.165, 1.54) is 30.4 Å². The van der Waals surface area contributed by atoms with E-state index in [9.17, 15) is 0 Å². The summed E-state index contributed by atoms with van der Waals surface area (Å²) in [5, 5.41) is 0. The van der Waals surface area contributed by atoms with Gasteiger partial charge in [0.05, 0.1) is 14.2 Å². The highest BCUT2D eigenvalue weighted by atomic mass is 16.5. The number of ether oxygens (including phenoxy) is 2. The third-order valence-electron chi connectivity index (χ3n) is 23.6. The summed E-state index contributed by atoms with van der Waals surface area (Å²) in [6.07, 6.45) is 20.5. The molecular weight excluding hydrogens is 693 g/mol. The van der Waals surface area contributed by atoms with Gasteiger partial charge < -0.3 is 9.47 Å². The predicted octanol–water partition coefficient (Wildman–Crippen LogP) is 10.2. The zero-order valence-electron chi connectivity index (χ0n) is 33.6. The molecule has 11 saturated carbocycles. The molecule has 0 radical (unpaired) electrons. The second-order valence-corrected chi connectivity index (χ2v) is 23.8. The SMILES string of the molecule is COc1ccc(C23C=C4CC5CC6CC7CC8=CC9C=C%10CC(=C2)C2(Cc%11ccc(C)cc%11OC)C%10=C%10C9C9C8C7C7C6C6C5C4C4C5C6C7C9C%10C5C2C43)cc1. The van der Waals surface area contributed by atoms with Gasteiger partial charge in [-0.15, -0.1) is 0 Å². The Morgan fingerprint density at radius 3 is 2.18 bits per heavy atom. The molecule has 24 unspecified atom stereocenters. The Morgan fingerprint density at radius 1 is 0.632 bits per heavy atom. The van der Waals surface area contributed by atoms with Crippen LogP contribution in [0.5, 0.6) is 11.5 Å². The average Bonchev–Trinajstić information content (AvgIpc) is 4.06.